The van der Waals surface area contributed by atoms with Gasteiger partial charge in [-0.25, -0.2) is 4.79 Å². The zero-order valence-electron chi connectivity index (χ0n) is 9.16. The van der Waals surface area contributed by atoms with Gasteiger partial charge in [-0.3, -0.25) is 4.79 Å². The van der Waals surface area contributed by atoms with E-state index in [9.17, 15) is 14.7 Å². The third-order valence-electron chi connectivity index (χ3n) is 1.19. The molecule has 0 aliphatic heterocycles. The van der Waals surface area contributed by atoms with Gasteiger partial charge in [-0.2, -0.15) is 0 Å². The highest BCUT2D eigenvalue weighted by atomic mass is 31.1. The molecule has 0 heterocycles. The average molecular weight is 254 g/mol. The molecule has 0 bridgehead atoms. The zero-order chi connectivity index (χ0) is 12.1. The van der Waals surface area contributed by atoms with Gasteiger partial charge in [-0.15, -0.1) is 0 Å². The van der Waals surface area contributed by atoms with Crippen LogP contribution < -0.4 is 0 Å². The molecule has 0 radical (unpaired) electrons. The summed E-state index contributed by atoms with van der Waals surface area (Å²) in [7, 11) is -1.09. The van der Waals surface area contributed by atoms with E-state index in [1.165, 1.54) is 13.8 Å². The maximum atomic E-state index is 11.2. The van der Waals surface area contributed by atoms with Gasteiger partial charge in [0.2, 0.25) is 9.03 Å². The molecule has 0 saturated carbocycles. The molecular weight excluding hydrogens is 238 g/mol. The summed E-state index contributed by atoms with van der Waals surface area (Å²) in [6, 6.07) is 0. The second kappa shape index (κ2) is 6.49. The van der Waals surface area contributed by atoms with Crippen LogP contribution >= 0.6 is 17.6 Å². The molecule has 15 heavy (non-hydrogen) atoms. The molecule has 0 rings (SSSR count). The van der Waals surface area contributed by atoms with Crippen LogP contribution in [-0.4, -0.2) is 28.0 Å². The first-order valence-corrected chi connectivity index (χ1v) is 6.20. The molecule has 0 amide bonds. The largest absolute Gasteiger partial charge is 0.416 e. The molecule has 88 valence electrons. The minimum atomic E-state index is -1.49. The van der Waals surface area contributed by atoms with Crippen molar-refractivity contribution in [3.05, 3.63) is 0 Å². The van der Waals surface area contributed by atoms with Crippen molar-refractivity contribution >= 4 is 28.8 Å². The van der Waals surface area contributed by atoms with Gasteiger partial charge >= 0.3 is 5.71 Å². The Morgan fingerprint density at radius 2 is 1.87 bits per heavy atom. The van der Waals surface area contributed by atoms with E-state index in [-0.39, 0.29) is 6.10 Å². The van der Waals surface area contributed by atoms with E-state index in [1.54, 1.807) is 0 Å². The van der Waals surface area contributed by atoms with Crippen LogP contribution in [-0.2, 0) is 13.8 Å². The SMILES string of the molecule is CC(C)OPOC(=O)PC(=O)C(C)(C)O. The molecule has 2 unspecified atom stereocenters. The number of hydrogen-bond acceptors (Lipinski definition) is 5. The van der Waals surface area contributed by atoms with Crippen molar-refractivity contribution in [3.8, 4) is 0 Å². The molecule has 1 N–H and O–H groups in total. The maximum Gasteiger partial charge on any atom is 0.335 e. The Bertz CT molecular complexity index is 234. The van der Waals surface area contributed by atoms with Crippen LogP contribution in [0.2, 0.25) is 0 Å². The molecule has 0 fully saturated rings. The van der Waals surface area contributed by atoms with Gasteiger partial charge in [0, 0.05) is 0 Å². The minimum absolute atomic E-state index is 0.0237. The third-order valence-corrected chi connectivity index (χ3v) is 3.37. The fourth-order valence-corrected chi connectivity index (χ4v) is 1.57. The van der Waals surface area contributed by atoms with E-state index >= 15 is 0 Å². The number of carbonyl (C=O) groups excluding carboxylic acids is 2. The van der Waals surface area contributed by atoms with Gasteiger partial charge in [0.1, 0.15) is 5.60 Å². The molecule has 0 spiro atoms. The first kappa shape index (κ1) is 14.9. The van der Waals surface area contributed by atoms with E-state index in [4.69, 9.17) is 4.52 Å². The highest BCUT2D eigenvalue weighted by Crippen LogP contribution is 2.28. The number of rotatable bonds is 6. The Labute approximate surface area is 92.6 Å². The van der Waals surface area contributed by atoms with Crippen LogP contribution in [0.1, 0.15) is 27.7 Å². The summed E-state index contributed by atoms with van der Waals surface area (Å²) in [6.45, 7) is 6.29. The predicted octanol–water partition coefficient (Wildman–Crippen LogP) is 2.03. The molecule has 7 heteroatoms. The Balaban J connectivity index is 3.80. The van der Waals surface area contributed by atoms with Crippen LogP contribution in [0.4, 0.5) is 4.79 Å². The summed E-state index contributed by atoms with van der Waals surface area (Å²) < 4.78 is 9.66. The van der Waals surface area contributed by atoms with E-state index in [2.05, 4.69) is 4.52 Å². The Morgan fingerprint density at radius 3 is 2.27 bits per heavy atom. The van der Waals surface area contributed by atoms with Crippen molar-refractivity contribution in [2.75, 3.05) is 0 Å². The Morgan fingerprint density at radius 1 is 1.33 bits per heavy atom. The maximum absolute atomic E-state index is 11.2. The van der Waals surface area contributed by atoms with Gasteiger partial charge in [0.25, 0.3) is 0 Å². The van der Waals surface area contributed by atoms with Crippen molar-refractivity contribution in [2.45, 2.75) is 39.4 Å². The van der Waals surface area contributed by atoms with Crippen molar-refractivity contribution in [1.82, 2.24) is 0 Å². The summed E-state index contributed by atoms with van der Waals surface area (Å²) in [4.78, 5) is 22.3. The van der Waals surface area contributed by atoms with Gasteiger partial charge in [-0.05, 0) is 27.7 Å². The Hall–Kier alpha value is -0.0800. The van der Waals surface area contributed by atoms with Crippen LogP contribution in [0.5, 0.6) is 0 Å². The quantitative estimate of drug-likeness (QED) is 0.734. The highest BCUT2D eigenvalue weighted by Gasteiger charge is 2.26. The molecule has 0 aromatic rings. The lowest BCUT2D eigenvalue weighted by molar-refractivity contribution is -0.124. The first-order chi connectivity index (χ1) is 6.73. The van der Waals surface area contributed by atoms with E-state index in [0.717, 1.165) is 0 Å². The average Bonchev–Trinajstić information content (AvgIpc) is 2.01. The van der Waals surface area contributed by atoms with Crippen molar-refractivity contribution in [2.24, 2.45) is 0 Å². The normalized spacial score (nSPS) is 13.2. The molecule has 5 nitrogen and oxygen atoms in total. The van der Waals surface area contributed by atoms with Crippen LogP contribution in [0.3, 0.4) is 0 Å². The standard InChI is InChI=1S/C8H16O5P2/c1-5(2)12-15-13-7(10)14-6(9)8(3,4)11/h5,11,14-15H,1-4H3. The molecular formula is C8H16O5P2. The number of hydrogen-bond donors (Lipinski definition) is 1. The molecule has 0 saturated heterocycles. The molecule has 2 atom stereocenters. The highest BCUT2D eigenvalue weighted by molar-refractivity contribution is 7.74. The van der Waals surface area contributed by atoms with Crippen molar-refractivity contribution in [1.29, 1.82) is 0 Å². The van der Waals surface area contributed by atoms with Gasteiger partial charge in [0.15, 0.2) is 5.52 Å². The number of carbonyl (C=O) groups is 2. The lowest BCUT2D eigenvalue weighted by Crippen LogP contribution is -2.28. The molecule has 0 aliphatic rings. The van der Waals surface area contributed by atoms with Gasteiger partial charge in [-0.1, -0.05) is 0 Å². The topological polar surface area (TPSA) is 72.8 Å². The third kappa shape index (κ3) is 7.80. The summed E-state index contributed by atoms with van der Waals surface area (Å²) in [6.07, 6.45) is -0.0237. The van der Waals surface area contributed by atoms with Crippen LogP contribution in [0.25, 0.3) is 0 Å². The molecule has 0 aromatic carbocycles. The summed E-state index contributed by atoms with van der Waals surface area (Å²) in [5.74, 6) is 0. The monoisotopic (exact) mass is 254 g/mol. The smallest absolute Gasteiger partial charge is 0.335 e. The second-order valence-electron chi connectivity index (χ2n) is 3.65. The Kier molecular flexibility index (Phi) is 6.46. The minimum Gasteiger partial charge on any atom is -0.416 e. The first-order valence-electron chi connectivity index (χ1n) is 4.38. The molecule has 0 aliphatic carbocycles. The number of aliphatic hydroxyl groups is 1. The lowest BCUT2D eigenvalue weighted by atomic mass is 10.2. The van der Waals surface area contributed by atoms with Crippen molar-refractivity contribution < 1.29 is 23.7 Å². The van der Waals surface area contributed by atoms with E-state index in [1.807, 2.05) is 13.8 Å². The van der Waals surface area contributed by atoms with E-state index < -0.39 is 34.5 Å². The molecule has 0 aromatic heterocycles. The van der Waals surface area contributed by atoms with E-state index in [0.29, 0.717) is 0 Å². The van der Waals surface area contributed by atoms with Gasteiger partial charge in [0.05, 0.1) is 14.7 Å². The second-order valence-corrected chi connectivity index (χ2v) is 5.37. The fourth-order valence-electron chi connectivity index (χ4n) is 0.429. The lowest BCUT2D eigenvalue weighted by Gasteiger charge is -2.14. The van der Waals surface area contributed by atoms with Crippen molar-refractivity contribution in [3.63, 3.8) is 0 Å². The van der Waals surface area contributed by atoms with Gasteiger partial charge < -0.3 is 14.2 Å². The summed E-state index contributed by atoms with van der Waals surface area (Å²) in [5, 5.41) is 9.27. The summed E-state index contributed by atoms with van der Waals surface area (Å²) >= 11 is 0. The fraction of sp³-hybridized carbons (Fsp3) is 0.750. The van der Waals surface area contributed by atoms with Crippen LogP contribution in [0.15, 0.2) is 0 Å². The zero-order valence-corrected chi connectivity index (χ0v) is 11.2. The van der Waals surface area contributed by atoms with Crippen LogP contribution in [0, 0.1) is 0 Å². The summed E-state index contributed by atoms with van der Waals surface area (Å²) in [5.41, 5.74) is -2.68. The predicted molar refractivity (Wildman–Crippen MR) is 60.6 cm³/mol.